The Bertz CT molecular complexity index is 1000. The first kappa shape index (κ1) is 20.0. The smallest absolute Gasteiger partial charge is 0.342 e. The molecule has 0 aromatic heterocycles. The van der Waals surface area contributed by atoms with Gasteiger partial charge < -0.3 is 14.6 Å². The van der Waals surface area contributed by atoms with Gasteiger partial charge >= 0.3 is 5.97 Å². The monoisotopic (exact) mass is 407 g/mol. The molecule has 1 N–H and O–H groups in total. The van der Waals surface area contributed by atoms with E-state index in [1.807, 2.05) is 30.3 Å². The van der Waals surface area contributed by atoms with Gasteiger partial charge in [0.05, 0.1) is 12.2 Å². The molecule has 0 aliphatic carbocycles. The molecule has 4 rings (SSSR count). The van der Waals surface area contributed by atoms with Crippen LogP contribution in [0.1, 0.15) is 46.9 Å². The molecule has 0 spiro atoms. The Morgan fingerprint density at radius 1 is 1.07 bits per heavy atom. The zero-order valence-electron chi connectivity index (χ0n) is 16.2. The minimum Gasteiger partial charge on any atom is -0.507 e. The minimum absolute atomic E-state index is 0.0373. The summed E-state index contributed by atoms with van der Waals surface area (Å²) in [6.45, 7) is 0. The first-order chi connectivity index (χ1) is 14.5. The van der Waals surface area contributed by atoms with Crippen molar-refractivity contribution in [1.29, 1.82) is 0 Å². The molecular weight excluding hydrogens is 386 g/mol. The maximum Gasteiger partial charge on any atom is 0.342 e. The number of ketones is 1. The first-order valence-corrected chi connectivity index (χ1v) is 9.85. The quantitative estimate of drug-likeness (QED) is 0.452. The summed E-state index contributed by atoms with van der Waals surface area (Å²) in [7, 11) is 0. The summed E-state index contributed by atoms with van der Waals surface area (Å²) in [5.41, 5.74) is 0.824. The molecule has 30 heavy (non-hydrogen) atoms. The van der Waals surface area contributed by atoms with Crippen molar-refractivity contribution >= 4 is 17.4 Å². The minimum atomic E-state index is -0.764. The maximum absolute atomic E-state index is 13.0. The van der Waals surface area contributed by atoms with E-state index in [1.54, 1.807) is 6.08 Å². The van der Waals surface area contributed by atoms with Crippen LogP contribution in [0.25, 0.3) is 0 Å². The molecule has 7 nitrogen and oxygen atoms in total. The first-order valence-electron chi connectivity index (χ1n) is 9.85. The predicted molar refractivity (Wildman–Crippen MR) is 109 cm³/mol. The number of phenolic OH excluding ortho intramolecular Hbond substituents is 1. The summed E-state index contributed by atoms with van der Waals surface area (Å²) < 4.78 is 11.5. The average Bonchev–Trinajstić information content (AvgIpc) is 3.48. The van der Waals surface area contributed by atoms with E-state index in [0.717, 1.165) is 18.1 Å². The van der Waals surface area contributed by atoms with Crippen LogP contribution in [-0.4, -0.2) is 29.1 Å². The molecule has 2 heterocycles. The fourth-order valence-electron chi connectivity index (χ4n) is 3.78. The molecular formula is C23H21NO6. The third kappa shape index (κ3) is 4.46. The fraction of sp³-hybridized carbons (Fsp3) is 0.304. The van der Waals surface area contributed by atoms with E-state index in [0.29, 0.717) is 12.8 Å². The van der Waals surface area contributed by atoms with Crippen LogP contribution in [0.2, 0.25) is 0 Å². The van der Waals surface area contributed by atoms with Gasteiger partial charge in [0.25, 0.3) is 0 Å². The summed E-state index contributed by atoms with van der Waals surface area (Å²) in [6, 6.07) is 11.7. The number of carbonyl (C=O) groups is 2. The van der Waals surface area contributed by atoms with Gasteiger partial charge in [0.15, 0.2) is 5.78 Å². The van der Waals surface area contributed by atoms with Crippen molar-refractivity contribution in [2.75, 3.05) is 0 Å². The Hall–Kier alpha value is -3.32. The topological polar surface area (TPSA) is 106 Å². The number of epoxide rings is 1. The van der Waals surface area contributed by atoms with Gasteiger partial charge in [0.1, 0.15) is 23.1 Å². The standard InChI is InChI=1S/C23H21NO6/c25-17-8-4-5-9-19-21(29-19)13-20(14-6-2-1-3-7-14)30-23(27)22-15(11-17)10-16(24-28)12-18(22)26/h1-4,6-8,10,12,19-21,26H,5,9,11,13H2/b8-4+/t19?,20-,21?/m1/s1. The number of benzene rings is 2. The van der Waals surface area contributed by atoms with Gasteiger partial charge in [0, 0.05) is 18.9 Å². The predicted octanol–water partition coefficient (Wildman–Crippen LogP) is 4.31. The zero-order valence-corrected chi connectivity index (χ0v) is 16.2. The van der Waals surface area contributed by atoms with E-state index in [9.17, 15) is 19.6 Å². The van der Waals surface area contributed by atoms with Gasteiger partial charge in [-0.05, 0) is 41.3 Å². The summed E-state index contributed by atoms with van der Waals surface area (Å²) in [4.78, 5) is 36.4. The van der Waals surface area contributed by atoms with Gasteiger partial charge in [-0.3, -0.25) is 4.79 Å². The lowest BCUT2D eigenvalue weighted by Crippen LogP contribution is -2.17. The summed E-state index contributed by atoms with van der Waals surface area (Å²) in [6.07, 6.45) is 4.49. The van der Waals surface area contributed by atoms with Crippen molar-refractivity contribution in [1.82, 2.24) is 0 Å². The number of carbonyl (C=O) groups excluding carboxylic acids is 2. The van der Waals surface area contributed by atoms with Crippen LogP contribution in [0.4, 0.5) is 5.69 Å². The number of fused-ring (bicyclic) bond motifs is 2. The van der Waals surface area contributed by atoms with Gasteiger partial charge in [-0.1, -0.05) is 36.4 Å². The van der Waals surface area contributed by atoms with E-state index in [4.69, 9.17) is 9.47 Å². The molecule has 0 radical (unpaired) electrons. The zero-order chi connectivity index (χ0) is 21.1. The molecule has 1 fully saturated rings. The van der Waals surface area contributed by atoms with Crippen LogP contribution in [0.15, 0.2) is 59.8 Å². The number of ether oxygens (including phenoxy) is 2. The normalized spacial score (nSPS) is 25.3. The van der Waals surface area contributed by atoms with Crippen LogP contribution in [-0.2, 0) is 20.7 Å². The van der Waals surface area contributed by atoms with Gasteiger partial charge in [-0.25, -0.2) is 4.79 Å². The highest BCUT2D eigenvalue weighted by Crippen LogP contribution is 2.38. The SMILES string of the molecule is O=Nc1cc(O)c2c(c1)CC(=O)/C=C/CCC1OC1C[C@H](c1ccccc1)OC2=O. The highest BCUT2D eigenvalue weighted by atomic mass is 16.6. The number of allylic oxidation sites excluding steroid dienone is 2. The second kappa shape index (κ2) is 8.59. The van der Waals surface area contributed by atoms with Gasteiger partial charge in [0.2, 0.25) is 0 Å². The van der Waals surface area contributed by atoms with Crippen molar-refractivity contribution in [3.63, 3.8) is 0 Å². The van der Waals surface area contributed by atoms with Gasteiger partial charge in [-0.2, -0.15) is 0 Å². The molecule has 2 aromatic carbocycles. The molecule has 2 aromatic rings. The van der Waals surface area contributed by atoms with Crippen LogP contribution in [0.5, 0.6) is 5.75 Å². The van der Waals surface area contributed by atoms with Crippen LogP contribution in [0.3, 0.4) is 0 Å². The molecule has 154 valence electrons. The third-order valence-corrected chi connectivity index (χ3v) is 5.33. The Morgan fingerprint density at radius 3 is 2.63 bits per heavy atom. The van der Waals surface area contributed by atoms with E-state index in [2.05, 4.69) is 5.18 Å². The number of aromatic hydroxyl groups is 1. The highest BCUT2D eigenvalue weighted by molar-refractivity contribution is 5.98. The molecule has 0 amide bonds. The van der Waals surface area contributed by atoms with Gasteiger partial charge in [-0.15, -0.1) is 4.91 Å². The molecule has 0 saturated carbocycles. The molecule has 2 unspecified atom stereocenters. The highest BCUT2D eigenvalue weighted by Gasteiger charge is 2.41. The summed E-state index contributed by atoms with van der Waals surface area (Å²) in [5.74, 6) is -1.46. The lowest BCUT2D eigenvalue weighted by molar-refractivity contribution is -0.114. The second-order valence-corrected chi connectivity index (χ2v) is 7.47. The molecule has 7 heteroatoms. The van der Waals surface area contributed by atoms with Crippen molar-refractivity contribution in [2.45, 2.75) is 44.0 Å². The van der Waals surface area contributed by atoms with E-state index in [1.165, 1.54) is 12.1 Å². The van der Waals surface area contributed by atoms with E-state index < -0.39 is 17.8 Å². The molecule has 2 aliphatic rings. The Kier molecular flexibility index (Phi) is 5.72. The van der Waals surface area contributed by atoms with Crippen LogP contribution >= 0.6 is 0 Å². The lowest BCUT2D eigenvalue weighted by Gasteiger charge is -2.19. The number of cyclic esters (lactones) is 1. The second-order valence-electron chi connectivity index (χ2n) is 7.47. The van der Waals surface area contributed by atoms with Crippen molar-refractivity contribution in [3.8, 4) is 5.75 Å². The number of nitroso groups, excluding NO2 is 1. The summed E-state index contributed by atoms with van der Waals surface area (Å²) >= 11 is 0. The van der Waals surface area contributed by atoms with E-state index >= 15 is 0 Å². The fourth-order valence-corrected chi connectivity index (χ4v) is 3.78. The number of phenols is 1. The van der Waals surface area contributed by atoms with E-state index in [-0.39, 0.29) is 41.2 Å². The van der Waals surface area contributed by atoms with Crippen molar-refractivity contribution < 1.29 is 24.2 Å². The Balaban J connectivity index is 1.72. The molecule has 3 atom stereocenters. The Labute approximate surface area is 173 Å². The molecule has 2 aliphatic heterocycles. The van der Waals surface area contributed by atoms with Crippen molar-refractivity contribution in [3.05, 3.63) is 76.2 Å². The maximum atomic E-state index is 13.0. The van der Waals surface area contributed by atoms with Crippen LogP contribution in [0, 0.1) is 4.91 Å². The molecule has 0 bridgehead atoms. The number of nitrogens with zero attached hydrogens (tertiary/aromatic N) is 1. The number of esters is 1. The molecule has 1 saturated heterocycles. The third-order valence-electron chi connectivity index (χ3n) is 5.33. The number of hydrogen-bond acceptors (Lipinski definition) is 7. The lowest BCUT2D eigenvalue weighted by atomic mass is 9.98. The van der Waals surface area contributed by atoms with Crippen molar-refractivity contribution in [2.24, 2.45) is 5.18 Å². The Morgan fingerprint density at radius 2 is 1.87 bits per heavy atom. The average molecular weight is 407 g/mol. The summed E-state index contributed by atoms with van der Waals surface area (Å²) in [5, 5.41) is 13.2. The number of hydrogen-bond donors (Lipinski definition) is 1. The number of rotatable bonds is 2. The van der Waals surface area contributed by atoms with Crippen LogP contribution < -0.4 is 0 Å². The largest absolute Gasteiger partial charge is 0.507 e.